The fourth-order valence-electron chi connectivity index (χ4n) is 4.78. The van der Waals surface area contributed by atoms with Gasteiger partial charge < -0.3 is 4.74 Å². The largest absolute Gasteiger partial charge is 0.493 e. The topological polar surface area (TPSA) is 15.7 Å². The van der Waals surface area contributed by atoms with E-state index in [0.29, 0.717) is 5.92 Å². The van der Waals surface area contributed by atoms with Crippen LogP contribution in [0.1, 0.15) is 53.9 Å². The summed E-state index contributed by atoms with van der Waals surface area (Å²) in [5.74, 6) is 2.57. The van der Waals surface area contributed by atoms with Gasteiger partial charge in [-0.1, -0.05) is 48.3 Å². The molecule has 0 radical (unpaired) electrons. The van der Waals surface area contributed by atoms with Gasteiger partial charge in [0, 0.05) is 32.7 Å². The number of piperidine rings is 1. The first kappa shape index (κ1) is 19.5. The molecule has 1 saturated heterocycles. The first-order valence-electron chi connectivity index (χ1n) is 11.1. The Morgan fingerprint density at radius 2 is 1.69 bits per heavy atom. The zero-order valence-corrected chi connectivity index (χ0v) is 18.3. The van der Waals surface area contributed by atoms with Crippen LogP contribution in [-0.4, -0.2) is 35.2 Å². The van der Waals surface area contributed by atoms with E-state index in [-0.39, 0.29) is 0 Å². The fraction of sp³-hybridized carbons (Fsp3) is 0.520. The molecule has 1 aliphatic carbocycles. The molecule has 3 nitrogen and oxygen atoms in total. The van der Waals surface area contributed by atoms with Gasteiger partial charge >= 0.3 is 0 Å². The van der Waals surface area contributed by atoms with Gasteiger partial charge in [0.2, 0.25) is 0 Å². The minimum Gasteiger partial charge on any atom is -0.493 e. The molecule has 4 heteroatoms. The van der Waals surface area contributed by atoms with Crippen molar-refractivity contribution in [3.05, 3.63) is 64.7 Å². The van der Waals surface area contributed by atoms with E-state index < -0.39 is 0 Å². The first-order valence-corrected chi connectivity index (χ1v) is 12.3. The summed E-state index contributed by atoms with van der Waals surface area (Å²) < 4.78 is 8.85. The Hall–Kier alpha value is -1.49. The second kappa shape index (κ2) is 8.71. The lowest BCUT2D eigenvalue weighted by Gasteiger charge is -2.30. The van der Waals surface area contributed by atoms with Crippen molar-refractivity contribution < 1.29 is 4.74 Å². The second-order valence-electron chi connectivity index (χ2n) is 8.93. The van der Waals surface area contributed by atoms with Gasteiger partial charge in [0.15, 0.2) is 0 Å². The molecule has 2 aromatic carbocycles. The van der Waals surface area contributed by atoms with Crippen LogP contribution in [0.15, 0.2) is 42.5 Å². The van der Waals surface area contributed by atoms with Crippen molar-refractivity contribution in [2.75, 3.05) is 26.0 Å². The lowest BCUT2D eigenvalue weighted by atomic mass is 9.99. The number of hydrogen-bond acceptors (Lipinski definition) is 4. The molecule has 1 saturated carbocycles. The van der Waals surface area contributed by atoms with E-state index in [4.69, 9.17) is 4.74 Å². The SMILES string of the molecule is CSN1CCC(COc2ccc(CN3Cc4ccccc4C3)cc2C2CC2)CC1. The Kier molecular flexibility index (Phi) is 5.85. The number of ether oxygens (including phenoxy) is 1. The van der Waals surface area contributed by atoms with Crippen molar-refractivity contribution in [1.29, 1.82) is 0 Å². The lowest BCUT2D eigenvalue weighted by Crippen LogP contribution is -2.30. The van der Waals surface area contributed by atoms with Gasteiger partial charge in [0.1, 0.15) is 5.75 Å². The highest BCUT2D eigenvalue weighted by atomic mass is 32.2. The van der Waals surface area contributed by atoms with Crippen molar-refractivity contribution in [3.63, 3.8) is 0 Å². The maximum Gasteiger partial charge on any atom is 0.122 e. The number of hydrogen-bond donors (Lipinski definition) is 0. The molecule has 5 rings (SSSR count). The minimum absolute atomic E-state index is 0.702. The van der Waals surface area contributed by atoms with Crippen LogP contribution in [0, 0.1) is 5.92 Å². The maximum absolute atomic E-state index is 6.38. The standard InChI is InChI=1S/C25H32N2OS/c1-29-27-12-10-19(11-13-27)18-28-25-9-6-20(14-24(25)21-7-8-21)15-26-16-22-4-2-3-5-23(22)17-26/h2-6,9,14,19,21H,7-8,10-13,15-18H2,1H3. The Balaban J connectivity index is 1.21. The van der Waals surface area contributed by atoms with Crippen LogP contribution < -0.4 is 4.74 Å². The van der Waals surface area contributed by atoms with E-state index in [1.807, 2.05) is 11.9 Å². The minimum atomic E-state index is 0.702. The average molecular weight is 409 g/mol. The molecule has 2 aliphatic heterocycles. The molecule has 0 atom stereocenters. The summed E-state index contributed by atoms with van der Waals surface area (Å²) in [4.78, 5) is 2.55. The zero-order valence-electron chi connectivity index (χ0n) is 17.5. The van der Waals surface area contributed by atoms with Crippen LogP contribution in [0.5, 0.6) is 5.75 Å². The first-order chi connectivity index (χ1) is 14.3. The van der Waals surface area contributed by atoms with Gasteiger partial charge in [-0.2, -0.15) is 0 Å². The van der Waals surface area contributed by atoms with Gasteiger partial charge in [-0.3, -0.25) is 9.21 Å². The van der Waals surface area contributed by atoms with Crippen molar-refractivity contribution >= 4 is 11.9 Å². The van der Waals surface area contributed by atoms with Crippen LogP contribution in [0.2, 0.25) is 0 Å². The van der Waals surface area contributed by atoms with E-state index in [0.717, 1.165) is 37.9 Å². The quantitative estimate of drug-likeness (QED) is 0.566. The molecule has 2 fully saturated rings. The molecule has 0 amide bonds. The fourth-order valence-corrected chi connectivity index (χ4v) is 5.36. The Morgan fingerprint density at radius 1 is 0.966 bits per heavy atom. The lowest BCUT2D eigenvalue weighted by molar-refractivity contribution is 0.189. The van der Waals surface area contributed by atoms with Gasteiger partial charge in [0.05, 0.1) is 6.61 Å². The third-order valence-corrected chi connectivity index (χ3v) is 7.59. The summed E-state index contributed by atoms with van der Waals surface area (Å²) in [6.07, 6.45) is 7.34. The molecular weight excluding hydrogens is 376 g/mol. The Bertz CT molecular complexity index is 817. The van der Waals surface area contributed by atoms with Crippen molar-refractivity contribution in [2.24, 2.45) is 5.92 Å². The summed E-state index contributed by atoms with van der Waals surface area (Å²) in [6, 6.07) is 15.8. The van der Waals surface area contributed by atoms with E-state index in [1.165, 1.54) is 61.0 Å². The van der Waals surface area contributed by atoms with Crippen molar-refractivity contribution in [1.82, 2.24) is 9.21 Å². The highest BCUT2D eigenvalue weighted by Crippen LogP contribution is 2.45. The predicted molar refractivity (Wildman–Crippen MR) is 121 cm³/mol. The van der Waals surface area contributed by atoms with E-state index in [9.17, 15) is 0 Å². The molecule has 0 bridgehead atoms. The monoisotopic (exact) mass is 408 g/mol. The molecule has 0 N–H and O–H groups in total. The molecule has 0 spiro atoms. The molecule has 0 aromatic heterocycles. The molecule has 2 aromatic rings. The van der Waals surface area contributed by atoms with E-state index in [1.54, 1.807) is 0 Å². The highest BCUT2D eigenvalue weighted by Gasteiger charge is 2.28. The van der Waals surface area contributed by atoms with Crippen LogP contribution >= 0.6 is 11.9 Å². The van der Waals surface area contributed by atoms with Crippen LogP contribution in [-0.2, 0) is 19.6 Å². The number of benzene rings is 2. The molecule has 0 unspecified atom stereocenters. The zero-order chi connectivity index (χ0) is 19.6. The average Bonchev–Trinajstić information content (AvgIpc) is 3.52. The molecule has 2 heterocycles. The molecule has 29 heavy (non-hydrogen) atoms. The summed E-state index contributed by atoms with van der Waals surface area (Å²) in [7, 11) is 0. The van der Waals surface area contributed by atoms with Crippen LogP contribution in [0.25, 0.3) is 0 Å². The predicted octanol–water partition coefficient (Wildman–Crippen LogP) is 5.45. The Morgan fingerprint density at radius 3 is 2.34 bits per heavy atom. The maximum atomic E-state index is 6.38. The van der Waals surface area contributed by atoms with Crippen LogP contribution in [0.3, 0.4) is 0 Å². The van der Waals surface area contributed by atoms with Crippen molar-refractivity contribution in [3.8, 4) is 5.75 Å². The van der Waals surface area contributed by atoms with Gasteiger partial charge in [0.25, 0.3) is 0 Å². The van der Waals surface area contributed by atoms with Gasteiger partial charge in [-0.05, 0) is 72.1 Å². The highest BCUT2D eigenvalue weighted by molar-refractivity contribution is 7.96. The van der Waals surface area contributed by atoms with Gasteiger partial charge in [-0.25, -0.2) is 0 Å². The van der Waals surface area contributed by atoms with E-state index in [2.05, 4.69) is 57.9 Å². The smallest absolute Gasteiger partial charge is 0.122 e. The summed E-state index contributed by atoms with van der Waals surface area (Å²) in [5, 5.41) is 0. The third kappa shape index (κ3) is 4.65. The van der Waals surface area contributed by atoms with Crippen LogP contribution in [0.4, 0.5) is 0 Å². The summed E-state index contributed by atoms with van der Waals surface area (Å²) in [5.41, 5.74) is 5.87. The third-order valence-electron chi connectivity index (χ3n) is 6.71. The van der Waals surface area contributed by atoms with Crippen molar-refractivity contribution in [2.45, 2.75) is 51.2 Å². The number of rotatable bonds is 7. The van der Waals surface area contributed by atoms with Gasteiger partial charge in [-0.15, -0.1) is 0 Å². The second-order valence-corrected chi connectivity index (χ2v) is 9.81. The number of fused-ring (bicyclic) bond motifs is 1. The normalized spacial score (nSPS) is 20.7. The summed E-state index contributed by atoms with van der Waals surface area (Å²) >= 11 is 1.88. The molecule has 3 aliphatic rings. The van der Waals surface area contributed by atoms with E-state index >= 15 is 0 Å². The molecule has 154 valence electrons. The molecular formula is C25H32N2OS. The number of nitrogens with zero attached hydrogens (tertiary/aromatic N) is 2. The Labute approximate surface area is 179 Å². The summed E-state index contributed by atoms with van der Waals surface area (Å²) in [6.45, 7) is 6.44.